The normalized spacial score (nSPS) is 11.5. The van der Waals surface area contributed by atoms with Crippen LogP contribution < -0.4 is 4.72 Å². The Morgan fingerprint density at radius 1 is 1.47 bits per heavy atom. The Bertz CT molecular complexity index is 702. The van der Waals surface area contributed by atoms with E-state index in [2.05, 4.69) is 14.9 Å². The quantitative estimate of drug-likeness (QED) is 0.797. The van der Waals surface area contributed by atoms with Crippen molar-refractivity contribution in [1.29, 1.82) is 0 Å². The largest absolute Gasteiger partial charge is 0.392 e. The third-order valence-corrected chi connectivity index (χ3v) is 3.97. The van der Waals surface area contributed by atoms with Gasteiger partial charge < -0.3 is 5.11 Å². The third kappa shape index (κ3) is 2.86. The third-order valence-electron chi connectivity index (χ3n) is 2.29. The van der Waals surface area contributed by atoms with Gasteiger partial charge in [0.1, 0.15) is 5.82 Å². The molecule has 0 amide bonds. The van der Waals surface area contributed by atoms with Crippen LogP contribution in [0.25, 0.3) is 0 Å². The molecule has 0 aliphatic heterocycles. The zero-order chi connectivity index (χ0) is 14.0. The summed E-state index contributed by atoms with van der Waals surface area (Å²) in [4.78, 5) is 0. The monoisotopic (exact) mass is 305 g/mol. The van der Waals surface area contributed by atoms with E-state index in [1.165, 1.54) is 12.3 Å². The number of benzene rings is 1. The summed E-state index contributed by atoms with van der Waals surface area (Å²) >= 11 is 5.56. The van der Waals surface area contributed by atoms with Crippen LogP contribution in [0.2, 0.25) is 5.02 Å². The van der Waals surface area contributed by atoms with E-state index < -0.39 is 22.4 Å². The van der Waals surface area contributed by atoms with Crippen LogP contribution >= 0.6 is 11.6 Å². The molecular formula is C10H9ClFN3O3S. The fraction of sp³-hybridized carbons (Fsp3) is 0.100. The summed E-state index contributed by atoms with van der Waals surface area (Å²) in [7, 11) is -3.95. The minimum Gasteiger partial charge on any atom is -0.392 e. The van der Waals surface area contributed by atoms with Gasteiger partial charge in [-0.15, -0.1) is 0 Å². The van der Waals surface area contributed by atoms with Crippen LogP contribution in [0.15, 0.2) is 29.4 Å². The Labute approximate surface area is 113 Å². The molecule has 0 aliphatic carbocycles. The van der Waals surface area contributed by atoms with E-state index in [-0.39, 0.29) is 21.3 Å². The van der Waals surface area contributed by atoms with Crippen molar-refractivity contribution in [2.75, 3.05) is 4.72 Å². The summed E-state index contributed by atoms with van der Waals surface area (Å²) in [5.74, 6) is -0.651. The van der Waals surface area contributed by atoms with Crippen molar-refractivity contribution < 1.29 is 17.9 Å². The molecule has 0 bridgehead atoms. The van der Waals surface area contributed by atoms with Crippen LogP contribution in [0.4, 0.5) is 10.1 Å². The number of hydrogen-bond donors (Lipinski definition) is 3. The lowest BCUT2D eigenvalue weighted by Gasteiger charge is -2.08. The average molecular weight is 306 g/mol. The van der Waals surface area contributed by atoms with E-state index in [0.717, 1.165) is 12.1 Å². The summed E-state index contributed by atoms with van der Waals surface area (Å²) in [6, 6.07) is 3.41. The maximum absolute atomic E-state index is 13.0. The van der Waals surface area contributed by atoms with Crippen molar-refractivity contribution in [1.82, 2.24) is 10.2 Å². The average Bonchev–Trinajstić information content (AvgIpc) is 2.82. The molecule has 102 valence electrons. The van der Waals surface area contributed by atoms with Gasteiger partial charge >= 0.3 is 0 Å². The molecule has 2 aromatic rings. The van der Waals surface area contributed by atoms with Crippen molar-refractivity contribution in [3.63, 3.8) is 0 Å². The van der Waals surface area contributed by atoms with Gasteiger partial charge in [0, 0.05) is 5.56 Å². The van der Waals surface area contributed by atoms with Crippen LogP contribution in [0.5, 0.6) is 0 Å². The van der Waals surface area contributed by atoms with Crippen molar-refractivity contribution in [2.24, 2.45) is 0 Å². The van der Waals surface area contributed by atoms with Gasteiger partial charge in [0.15, 0.2) is 5.03 Å². The highest BCUT2D eigenvalue weighted by Crippen LogP contribution is 2.22. The Balaban J connectivity index is 2.34. The molecule has 3 N–H and O–H groups in total. The number of H-pyrrole nitrogens is 1. The molecule has 6 nitrogen and oxygen atoms in total. The molecule has 1 heterocycles. The van der Waals surface area contributed by atoms with E-state index in [1.54, 1.807) is 0 Å². The zero-order valence-electron chi connectivity index (χ0n) is 9.39. The number of hydrogen-bond acceptors (Lipinski definition) is 4. The molecule has 0 fully saturated rings. The summed E-state index contributed by atoms with van der Waals surface area (Å²) in [5.41, 5.74) is 0.227. The predicted octanol–water partition coefficient (Wildman–Crippen LogP) is 1.50. The molecular weight excluding hydrogens is 297 g/mol. The summed E-state index contributed by atoms with van der Waals surface area (Å²) < 4.78 is 39.2. The van der Waals surface area contributed by atoms with E-state index in [1.807, 2.05) is 0 Å². The molecule has 9 heteroatoms. The second kappa shape index (κ2) is 5.16. The second-order valence-electron chi connectivity index (χ2n) is 3.62. The van der Waals surface area contributed by atoms with Crippen molar-refractivity contribution in [2.45, 2.75) is 11.6 Å². The molecule has 0 saturated carbocycles. The number of halogens is 2. The van der Waals surface area contributed by atoms with Gasteiger partial charge in [-0.25, -0.2) is 4.39 Å². The number of nitrogens with one attached hydrogen (secondary N) is 2. The number of aromatic nitrogens is 2. The smallest absolute Gasteiger partial charge is 0.279 e. The van der Waals surface area contributed by atoms with Crippen molar-refractivity contribution >= 4 is 27.3 Å². The number of aromatic amines is 1. The van der Waals surface area contributed by atoms with Crippen LogP contribution in [0.1, 0.15) is 5.56 Å². The minimum atomic E-state index is -3.95. The van der Waals surface area contributed by atoms with Gasteiger partial charge in [0.2, 0.25) is 0 Å². The van der Waals surface area contributed by atoms with E-state index in [0.29, 0.717) is 0 Å². The first-order chi connectivity index (χ1) is 8.94. The second-order valence-corrected chi connectivity index (χ2v) is 5.64. The molecule has 0 spiro atoms. The number of anilines is 1. The maximum atomic E-state index is 13.0. The molecule has 1 aromatic carbocycles. The molecule has 0 unspecified atom stereocenters. The lowest BCUT2D eigenvalue weighted by Crippen LogP contribution is -2.15. The number of rotatable bonds is 4. The minimum absolute atomic E-state index is 0.102. The molecule has 19 heavy (non-hydrogen) atoms. The van der Waals surface area contributed by atoms with Gasteiger partial charge in [-0.2, -0.15) is 13.5 Å². The summed E-state index contributed by atoms with van der Waals surface area (Å²) in [6.07, 6.45) is 1.20. The number of aliphatic hydroxyl groups excluding tert-OH is 1. The Hall–Kier alpha value is -1.64. The van der Waals surface area contributed by atoms with E-state index in [9.17, 15) is 12.8 Å². The van der Waals surface area contributed by atoms with Crippen LogP contribution in [0.3, 0.4) is 0 Å². The Morgan fingerprint density at radius 3 is 2.84 bits per heavy atom. The van der Waals surface area contributed by atoms with E-state index >= 15 is 0 Å². The lowest BCUT2D eigenvalue weighted by molar-refractivity contribution is 0.278. The van der Waals surface area contributed by atoms with Gasteiger partial charge in [-0.3, -0.25) is 9.82 Å². The highest BCUT2D eigenvalue weighted by atomic mass is 35.5. The zero-order valence-corrected chi connectivity index (χ0v) is 11.0. The van der Waals surface area contributed by atoms with Gasteiger partial charge in [0.25, 0.3) is 10.0 Å². The fourth-order valence-corrected chi connectivity index (χ4v) is 2.77. The Kier molecular flexibility index (Phi) is 3.74. The number of nitrogens with zero attached hydrogens (tertiary/aromatic N) is 1. The van der Waals surface area contributed by atoms with Gasteiger partial charge in [-0.1, -0.05) is 11.6 Å². The molecule has 0 radical (unpaired) electrons. The SMILES string of the molecule is O=S(=O)(Nc1ccc(F)c(Cl)c1)c1[nH]ncc1CO. The first kappa shape index (κ1) is 13.8. The first-order valence-corrected chi connectivity index (χ1v) is 6.91. The van der Waals surface area contributed by atoms with Gasteiger partial charge in [-0.05, 0) is 18.2 Å². The molecule has 0 atom stereocenters. The van der Waals surface area contributed by atoms with Crippen LogP contribution in [-0.2, 0) is 16.6 Å². The van der Waals surface area contributed by atoms with Crippen LogP contribution in [-0.4, -0.2) is 23.7 Å². The van der Waals surface area contributed by atoms with Crippen molar-refractivity contribution in [3.05, 3.63) is 40.8 Å². The van der Waals surface area contributed by atoms with Crippen molar-refractivity contribution in [3.8, 4) is 0 Å². The number of sulfonamides is 1. The van der Waals surface area contributed by atoms with E-state index in [4.69, 9.17) is 16.7 Å². The standard InChI is InChI=1S/C10H9ClFN3O3S/c11-8-3-7(1-2-9(8)12)15-19(17,18)10-6(5-16)4-13-14-10/h1-4,15-16H,5H2,(H,13,14). The topological polar surface area (TPSA) is 95.1 Å². The van der Waals surface area contributed by atoms with Crippen LogP contribution in [0, 0.1) is 5.82 Å². The first-order valence-electron chi connectivity index (χ1n) is 5.05. The summed E-state index contributed by atoms with van der Waals surface area (Å²) in [5, 5.41) is 14.4. The highest BCUT2D eigenvalue weighted by molar-refractivity contribution is 7.92. The molecule has 2 rings (SSSR count). The molecule has 0 saturated heterocycles. The summed E-state index contributed by atoms with van der Waals surface area (Å²) in [6.45, 7) is -0.475. The predicted molar refractivity (Wildman–Crippen MR) is 66.7 cm³/mol. The molecule has 1 aromatic heterocycles. The maximum Gasteiger partial charge on any atom is 0.279 e. The fourth-order valence-electron chi connectivity index (χ4n) is 1.41. The van der Waals surface area contributed by atoms with Gasteiger partial charge in [0.05, 0.1) is 23.5 Å². The number of aliphatic hydroxyl groups is 1. The highest BCUT2D eigenvalue weighted by Gasteiger charge is 2.20. The lowest BCUT2D eigenvalue weighted by atomic mass is 10.3. The Morgan fingerprint density at radius 2 is 2.21 bits per heavy atom. The molecule has 0 aliphatic rings.